The van der Waals surface area contributed by atoms with E-state index in [-0.39, 0.29) is 12.3 Å². The summed E-state index contributed by atoms with van der Waals surface area (Å²) in [7, 11) is 0. The Morgan fingerprint density at radius 3 is 1.71 bits per heavy atom. The molecule has 2 atom stereocenters. The fourth-order valence-electron chi connectivity index (χ4n) is 9.16. The van der Waals surface area contributed by atoms with E-state index in [9.17, 15) is 0 Å². The first-order valence-corrected chi connectivity index (χ1v) is 19.3. The smallest absolute Gasteiger partial charge is 0.132 e. The summed E-state index contributed by atoms with van der Waals surface area (Å²) in [6.07, 6.45) is -0.433. The number of benzene rings is 8. The van der Waals surface area contributed by atoms with Crippen molar-refractivity contribution in [1.82, 2.24) is 10.6 Å². The van der Waals surface area contributed by atoms with Crippen LogP contribution in [0, 0.1) is 0 Å². The third kappa shape index (κ3) is 5.07. The normalized spacial score (nSPS) is 17.0. The lowest BCUT2D eigenvalue weighted by molar-refractivity contribution is 0.409. The first kappa shape index (κ1) is 32.4. The van der Waals surface area contributed by atoms with Gasteiger partial charge in [0.25, 0.3) is 0 Å². The largest absolute Gasteiger partial charge is 0.457 e. The zero-order valence-corrected chi connectivity index (χ0v) is 30.6. The molecule has 11 rings (SSSR count). The predicted octanol–water partition coefficient (Wildman–Crippen LogP) is 11.8. The van der Waals surface area contributed by atoms with Crippen LogP contribution in [0.25, 0.3) is 33.4 Å². The Kier molecular flexibility index (Phi) is 7.58. The van der Waals surface area contributed by atoms with Crippen molar-refractivity contribution in [2.75, 3.05) is 0 Å². The van der Waals surface area contributed by atoms with E-state index in [2.05, 4.69) is 205 Å². The van der Waals surface area contributed by atoms with Crippen molar-refractivity contribution in [3.05, 3.63) is 239 Å². The topological polar surface area (TPSA) is 45.7 Å². The lowest BCUT2D eigenvalue weighted by atomic mass is 9.66. The molecule has 0 radical (unpaired) electrons. The van der Waals surface area contributed by atoms with Crippen molar-refractivity contribution in [2.45, 2.75) is 17.7 Å². The highest BCUT2D eigenvalue weighted by Gasteiger charge is 2.51. The van der Waals surface area contributed by atoms with Crippen molar-refractivity contribution in [1.29, 1.82) is 0 Å². The molecule has 0 bridgehead atoms. The minimum absolute atomic E-state index is 0.189. The van der Waals surface area contributed by atoms with Gasteiger partial charge in [-0.3, -0.25) is 5.32 Å². The van der Waals surface area contributed by atoms with Crippen LogP contribution in [0.15, 0.2) is 205 Å². The summed E-state index contributed by atoms with van der Waals surface area (Å²) in [5.74, 6) is 2.66. The first-order chi connectivity index (χ1) is 27.8. The third-order valence-corrected chi connectivity index (χ3v) is 11.6. The van der Waals surface area contributed by atoms with Gasteiger partial charge in [-0.15, -0.1) is 0 Å². The van der Waals surface area contributed by atoms with Gasteiger partial charge in [0.1, 0.15) is 29.7 Å². The fraction of sp³-hybridized carbons (Fsp3) is 0.0577. The molecule has 2 unspecified atom stereocenters. The predicted molar refractivity (Wildman–Crippen MR) is 226 cm³/mol. The minimum atomic E-state index is -0.512. The summed E-state index contributed by atoms with van der Waals surface area (Å²) in [6.45, 7) is 0. The molecule has 8 aromatic carbocycles. The van der Waals surface area contributed by atoms with E-state index in [0.29, 0.717) is 0 Å². The van der Waals surface area contributed by atoms with E-state index in [1.165, 1.54) is 50.1 Å². The van der Waals surface area contributed by atoms with E-state index >= 15 is 0 Å². The quantitative estimate of drug-likeness (QED) is 0.186. The first-order valence-electron chi connectivity index (χ1n) is 19.3. The number of nitrogens with zero attached hydrogens (tertiary/aromatic N) is 1. The average Bonchev–Trinajstić information content (AvgIpc) is 3.58. The average molecular weight is 720 g/mol. The number of nitrogens with one attached hydrogen (secondary N) is 2. The van der Waals surface area contributed by atoms with Gasteiger partial charge >= 0.3 is 0 Å². The highest BCUT2D eigenvalue weighted by molar-refractivity contribution is 6.00. The molecule has 4 nitrogen and oxygen atoms in total. The molecular weight excluding hydrogens is 683 g/mol. The van der Waals surface area contributed by atoms with Crippen LogP contribution in [0.3, 0.4) is 0 Å². The van der Waals surface area contributed by atoms with E-state index in [0.717, 1.165) is 39.6 Å². The summed E-state index contributed by atoms with van der Waals surface area (Å²) in [6, 6.07) is 71.5. The SMILES string of the molecule is c1ccc(C2=NC(c3ccc(-c4ccccc4)cc3)NC(c3cccc(-c4cccc5c4-c4ccccc4C54c5ccccc5Oc5ccccc54)c3)N2)cc1. The van der Waals surface area contributed by atoms with Crippen LogP contribution in [0.1, 0.15) is 51.3 Å². The lowest BCUT2D eigenvalue weighted by Crippen LogP contribution is -2.44. The van der Waals surface area contributed by atoms with E-state index in [1.54, 1.807) is 0 Å². The summed E-state index contributed by atoms with van der Waals surface area (Å²) < 4.78 is 6.58. The number of ether oxygens (including phenoxy) is 1. The Morgan fingerprint density at radius 2 is 0.982 bits per heavy atom. The summed E-state index contributed by atoms with van der Waals surface area (Å²) in [5, 5.41) is 7.61. The zero-order chi connectivity index (χ0) is 37.1. The fourth-order valence-corrected chi connectivity index (χ4v) is 9.16. The highest BCUT2D eigenvalue weighted by atomic mass is 16.5. The van der Waals surface area contributed by atoms with Gasteiger partial charge in [-0.05, 0) is 73.8 Å². The van der Waals surface area contributed by atoms with Crippen LogP contribution in [0.5, 0.6) is 11.5 Å². The van der Waals surface area contributed by atoms with Gasteiger partial charge in [-0.2, -0.15) is 0 Å². The molecule has 2 heterocycles. The van der Waals surface area contributed by atoms with E-state index < -0.39 is 5.41 Å². The molecule has 3 aliphatic rings. The van der Waals surface area contributed by atoms with Crippen molar-refractivity contribution in [3.8, 4) is 44.9 Å². The lowest BCUT2D eigenvalue weighted by Gasteiger charge is -2.39. The molecule has 56 heavy (non-hydrogen) atoms. The number of rotatable bonds is 5. The molecule has 0 fully saturated rings. The molecular formula is C52H37N3O. The zero-order valence-electron chi connectivity index (χ0n) is 30.6. The van der Waals surface area contributed by atoms with Gasteiger partial charge in [0.05, 0.1) is 5.41 Å². The summed E-state index contributed by atoms with van der Waals surface area (Å²) >= 11 is 0. The molecule has 8 aromatic rings. The van der Waals surface area contributed by atoms with E-state index in [1.807, 2.05) is 6.07 Å². The molecule has 0 saturated heterocycles. The molecule has 2 aliphatic heterocycles. The summed E-state index contributed by atoms with van der Waals surface area (Å²) in [4.78, 5) is 5.22. The van der Waals surface area contributed by atoms with E-state index in [4.69, 9.17) is 9.73 Å². The second-order valence-corrected chi connectivity index (χ2v) is 14.7. The standard InChI is InChI=1S/C52H37N3O/c1-3-15-34(16-4-1)35-29-31-37(32-30-35)50-53-49(36-17-5-2-6-18-36)54-51(55-50)39-20-13-19-38(33-39)40-22-14-26-45-48(40)41-21-7-8-23-42(41)52(45)43-24-9-11-27-46(43)56-47-28-12-10-25-44(47)52/h1-33,50-51,55H,(H,53,54). The minimum Gasteiger partial charge on any atom is -0.457 e. The van der Waals surface area contributed by atoms with Crippen molar-refractivity contribution >= 4 is 5.84 Å². The molecule has 0 aromatic heterocycles. The maximum absolute atomic E-state index is 6.58. The Bertz CT molecular complexity index is 2750. The van der Waals surface area contributed by atoms with Crippen LogP contribution < -0.4 is 15.4 Å². The third-order valence-electron chi connectivity index (χ3n) is 11.6. The molecule has 1 spiro atoms. The van der Waals surface area contributed by atoms with Crippen LogP contribution in [-0.4, -0.2) is 5.84 Å². The van der Waals surface area contributed by atoms with Crippen LogP contribution >= 0.6 is 0 Å². The van der Waals surface area contributed by atoms with Crippen LogP contribution in [-0.2, 0) is 5.41 Å². The number of aliphatic imine (C=N–C) groups is 1. The van der Waals surface area contributed by atoms with Crippen LogP contribution in [0.2, 0.25) is 0 Å². The summed E-state index contributed by atoms with van der Waals surface area (Å²) in [5.41, 5.74) is 15.0. The second-order valence-electron chi connectivity index (χ2n) is 14.7. The van der Waals surface area contributed by atoms with Gasteiger partial charge in [0, 0.05) is 16.7 Å². The van der Waals surface area contributed by atoms with Gasteiger partial charge in [0.15, 0.2) is 0 Å². The Morgan fingerprint density at radius 1 is 0.429 bits per heavy atom. The van der Waals surface area contributed by atoms with Gasteiger partial charge in [-0.1, -0.05) is 182 Å². The molecule has 266 valence electrons. The number of hydrogen-bond acceptors (Lipinski definition) is 4. The van der Waals surface area contributed by atoms with Crippen LogP contribution in [0.4, 0.5) is 0 Å². The number of hydrogen-bond donors (Lipinski definition) is 2. The van der Waals surface area contributed by atoms with Crippen molar-refractivity contribution < 1.29 is 4.74 Å². The van der Waals surface area contributed by atoms with Gasteiger partial charge < -0.3 is 10.1 Å². The Hall–Kier alpha value is -7.01. The monoisotopic (exact) mass is 719 g/mol. The number of amidine groups is 1. The Labute approximate surface area is 326 Å². The number of fused-ring (bicyclic) bond motifs is 9. The van der Waals surface area contributed by atoms with Gasteiger partial charge in [0.2, 0.25) is 0 Å². The molecule has 2 N–H and O–H groups in total. The van der Waals surface area contributed by atoms with Gasteiger partial charge in [-0.25, -0.2) is 4.99 Å². The highest BCUT2D eigenvalue weighted by Crippen LogP contribution is 2.63. The van der Waals surface area contributed by atoms with Crippen molar-refractivity contribution in [3.63, 3.8) is 0 Å². The molecule has 0 saturated carbocycles. The molecule has 4 heteroatoms. The number of para-hydroxylation sites is 2. The Balaban J connectivity index is 1.02. The maximum atomic E-state index is 6.58. The molecule has 1 aliphatic carbocycles. The second kappa shape index (κ2) is 13.1. The maximum Gasteiger partial charge on any atom is 0.132 e. The molecule has 0 amide bonds. The van der Waals surface area contributed by atoms with Crippen molar-refractivity contribution in [2.24, 2.45) is 4.99 Å².